The van der Waals surface area contributed by atoms with E-state index in [4.69, 9.17) is 0 Å². The molecule has 2 aromatic rings. The van der Waals surface area contributed by atoms with E-state index >= 15 is 0 Å². The van der Waals surface area contributed by atoms with Gasteiger partial charge in [-0.1, -0.05) is 12.1 Å². The van der Waals surface area contributed by atoms with E-state index in [0.29, 0.717) is 11.4 Å². The van der Waals surface area contributed by atoms with E-state index < -0.39 is 4.92 Å². The lowest BCUT2D eigenvalue weighted by Crippen LogP contribution is -3.00. The number of nitro groups is 1. The summed E-state index contributed by atoms with van der Waals surface area (Å²) < 4.78 is 1.28. The van der Waals surface area contributed by atoms with Crippen LogP contribution in [0.1, 0.15) is 11.1 Å². The molecule has 3 fully saturated rings. The third-order valence-corrected chi connectivity index (χ3v) is 6.55. The van der Waals surface area contributed by atoms with Crippen LogP contribution in [0.5, 0.6) is 0 Å². The summed E-state index contributed by atoms with van der Waals surface area (Å²) in [5.74, 6) is 0. The Bertz CT molecular complexity index is 1010. The molecule has 174 valence electrons. The Morgan fingerprint density at radius 2 is 1.76 bits per heavy atom. The van der Waals surface area contributed by atoms with Gasteiger partial charge in [0.05, 0.1) is 42.4 Å². The molecule has 3 saturated heterocycles. The molecule has 0 saturated carbocycles. The maximum atomic E-state index is 10.8. The van der Waals surface area contributed by atoms with Gasteiger partial charge in [0.1, 0.15) is 11.8 Å². The lowest BCUT2D eigenvalue weighted by Gasteiger charge is -2.50. The highest BCUT2D eigenvalue weighted by molar-refractivity contribution is 5.58. The second kappa shape index (κ2) is 11.4. The van der Waals surface area contributed by atoms with Crippen molar-refractivity contribution in [3.63, 3.8) is 0 Å². The van der Waals surface area contributed by atoms with Crippen molar-refractivity contribution in [2.45, 2.75) is 6.42 Å². The first-order valence-corrected chi connectivity index (χ1v) is 11.0. The average Bonchev–Trinajstić information content (AvgIpc) is 2.84. The maximum Gasteiger partial charge on any atom is 0.270 e. The Morgan fingerprint density at radius 1 is 1.06 bits per heavy atom. The predicted octanol–water partition coefficient (Wildman–Crippen LogP) is 0.164. The van der Waals surface area contributed by atoms with Gasteiger partial charge < -0.3 is 26.8 Å². The molecule has 1 N–H and O–H groups in total. The quantitative estimate of drug-likeness (QED) is 0.169. The standard InChI is InChI=1S/C23H28N7O2.BrH/c24-18-20-17-22(29(31)32)5-6-23(20)27-26-21-3-1-19(2-4-21)7-8-25-9-13-30-14-10-28(11-15-30)12-16-30;/h1-6,17,25H,7-16H2;1H/q+1;/p-1. The fourth-order valence-corrected chi connectivity index (χ4v) is 4.40. The molecule has 33 heavy (non-hydrogen) atoms. The zero-order valence-electron chi connectivity index (χ0n) is 18.5. The predicted molar refractivity (Wildman–Crippen MR) is 121 cm³/mol. The van der Waals surface area contributed by atoms with Crippen molar-refractivity contribution >= 4 is 17.1 Å². The van der Waals surface area contributed by atoms with Gasteiger partial charge >= 0.3 is 0 Å². The summed E-state index contributed by atoms with van der Waals surface area (Å²) in [6, 6.07) is 13.7. The largest absolute Gasteiger partial charge is 1.00 e. The number of nitriles is 1. The van der Waals surface area contributed by atoms with Crippen LogP contribution in [-0.4, -0.2) is 73.2 Å². The molecule has 0 aromatic heterocycles. The SMILES string of the molecule is N#Cc1cc([N+](=O)[O-])ccc1N=Nc1ccc(CCNCC[N+]23CCN(CC2)CC3)cc1.[Br-]. The van der Waals surface area contributed by atoms with Crippen molar-refractivity contribution in [2.75, 3.05) is 58.9 Å². The molecule has 0 spiro atoms. The number of non-ortho nitro benzene ring substituents is 1. The topological polar surface area (TPSA) is 107 Å². The van der Waals surface area contributed by atoms with Crippen molar-refractivity contribution < 1.29 is 26.4 Å². The van der Waals surface area contributed by atoms with Crippen LogP contribution >= 0.6 is 0 Å². The molecular formula is C23H28BrN7O2. The number of rotatable bonds is 9. The molecule has 3 aliphatic heterocycles. The number of nitro benzene ring substituents is 1. The summed E-state index contributed by atoms with van der Waals surface area (Å²) in [5.41, 5.74) is 2.20. The average molecular weight is 514 g/mol. The number of nitrogens with zero attached hydrogens (tertiary/aromatic N) is 6. The number of piperazine rings is 3. The van der Waals surface area contributed by atoms with Gasteiger partial charge in [0, 0.05) is 38.3 Å². The molecule has 0 atom stereocenters. The summed E-state index contributed by atoms with van der Waals surface area (Å²) in [7, 11) is 0. The summed E-state index contributed by atoms with van der Waals surface area (Å²) in [6.45, 7) is 10.9. The first-order chi connectivity index (χ1) is 15.6. The van der Waals surface area contributed by atoms with Crippen molar-refractivity contribution in [3.8, 4) is 6.07 Å². The molecule has 2 bridgehead atoms. The number of azo groups is 1. The minimum absolute atomic E-state index is 0. The van der Waals surface area contributed by atoms with Gasteiger partial charge in [0.15, 0.2) is 0 Å². The van der Waals surface area contributed by atoms with E-state index in [0.717, 1.165) is 19.5 Å². The van der Waals surface area contributed by atoms with Crippen LogP contribution in [0.15, 0.2) is 52.7 Å². The normalized spacial score (nSPS) is 21.5. The number of halogens is 1. The highest BCUT2D eigenvalue weighted by Crippen LogP contribution is 2.26. The summed E-state index contributed by atoms with van der Waals surface area (Å²) in [6.07, 6.45) is 0.951. The van der Waals surface area contributed by atoms with E-state index in [-0.39, 0.29) is 28.2 Å². The minimum atomic E-state index is -0.535. The van der Waals surface area contributed by atoms with Gasteiger partial charge in [-0.05, 0) is 36.7 Å². The van der Waals surface area contributed by atoms with Crippen LogP contribution in [0.25, 0.3) is 0 Å². The zero-order valence-corrected chi connectivity index (χ0v) is 20.1. The zero-order chi connectivity index (χ0) is 22.4. The molecule has 0 aliphatic carbocycles. The number of quaternary nitrogens is 1. The first kappa shape index (κ1) is 24.9. The van der Waals surface area contributed by atoms with Crippen molar-refractivity contribution in [3.05, 3.63) is 63.7 Å². The van der Waals surface area contributed by atoms with E-state index in [1.54, 1.807) is 0 Å². The molecule has 0 unspecified atom stereocenters. The molecule has 3 aliphatic rings. The van der Waals surface area contributed by atoms with Crippen LogP contribution in [0, 0.1) is 21.4 Å². The van der Waals surface area contributed by atoms with Crippen molar-refractivity contribution in [1.29, 1.82) is 5.26 Å². The Hall–Kier alpha value is -2.71. The lowest BCUT2D eigenvalue weighted by atomic mass is 10.1. The van der Waals surface area contributed by atoms with Gasteiger partial charge in [-0.15, -0.1) is 5.11 Å². The molecule has 5 rings (SSSR count). The number of nitrogens with one attached hydrogen (secondary N) is 1. The van der Waals surface area contributed by atoms with Crippen molar-refractivity contribution in [2.24, 2.45) is 10.2 Å². The minimum Gasteiger partial charge on any atom is -1.00 e. The first-order valence-electron chi connectivity index (χ1n) is 11.0. The van der Waals surface area contributed by atoms with Gasteiger partial charge in [0.25, 0.3) is 5.69 Å². The smallest absolute Gasteiger partial charge is 0.270 e. The number of benzene rings is 2. The Labute approximate surface area is 204 Å². The third-order valence-electron chi connectivity index (χ3n) is 6.55. The molecule has 0 radical (unpaired) electrons. The van der Waals surface area contributed by atoms with E-state index in [9.17, 15) is 15.4 Å². The third kappa shape index (κ3) is 6.42. The van der Waals surface area contributed by atoms with Crippen LogP contribution in [-0.2, 0) is 6.42 Å². The Kier molecular flexibility index (Phi) is 8.63. The van der Waals surface area contributed by atoms with Crippen LogP contribution in [0.3, 0.4) is 0 Å². The second-order valence-corrected chi connectivity index (χ2v) is 8.51. The van der Waals surface area contributed by atoms with Crippen molar-refractivity contribution in [1.82, 2.24) is 10.2 Å². The molecule has 2 aromatic carbocycles. The summed E-state index contributed by atoms with van der Waals surface area (Å²) >= 11 is 0. The maximum absolute atomic E-state index is 10.8. The molecule has 3 heterocycles. The number of fused-ring (bicyclic) bond motifs is 3. The highest BCUT2D eigenvalue weighted by Gasteiger charge is 2.37. The number of hydrogen-bond acceptors (Lipinski definition) is 7. The molecule has 0 amide bonds. The number of hydrogen-bond donors (Lipinski definition) is 1. The monoisotopic (exact) mass is 513 g/mol. The highest BCUT2D eigenvalue weighted by atomic mass is 79.9. The lowest BCUT2D eigenvalue weighted by molar-refractivity contribution is -0.939. The van der Waals surface area contributed by atoms with E-state index in [1.165, 1.54) is 74.1 Å². The van der Waals surface area contributed by atoms with Gasteiger partial charge in [-0.2, -0.15) is 10.4 Å². The van der Waals surface area contributed by atoms with E-state index in [1.807, 2.05) is 30.3 Å². The Morgan fingerprint density at radius 3 is 2.39 bits per heavy atom. The summed E-state index contributed by atoms with van der Waals surface area (Å²) in [4.78, 5) is 12.9. The second-order valence-electron chi connectivity index (χ2n) is 8.51. The van der Waals surface area contributed by atoms with E-state index in [2.05, 4.69) is 20.4 Å². The molecule has 9 nitrogen and oxygen atoms in total. The Balaban J connectivity index is 0.00000306. The summed E-state index contributed by atoms with van der Waals surface area (Å²) in [5, 5.41) is 31.9. The van der Waals surface area contributed by atoms with Gasteiger partial charge in [-0.25, -0.2) is 0 Å². The molecular weight excluding hydrogens is 486 g/mol. The van der Waals surface area contributed by atoms with Gasteiger partial charge in [0.2, 0.25) is 0 Å². The van der Waals surface area contributed by atoms with Gasteiger partial charge in [-0.3, -0.25) is 15.0 Å². The fourth-order valence-electron chi connectivity index (χ4n) is 4.40. The van der Waals surface area contributed by atoms with Crippen LogP contribution in [0.4, 0.5) is 17.1 Å². The van der Waals surface area contributed by atoms with Crippen LogP contribution in [0.2, 0.25) is 0 Å². The van der Waals surface area contributed by atoms with Crippen LogP contribution < -0.4 is 22.3 Å². The molecule has 10 heteroatoms. The fraction of sp³-hybridized carbons (Fsp3) is 0.435.